The minimum atomic E-state index is 0.588. The number of hydrogen-bond acceptors (Lipinski definition) is 3. The zero-order valence-electron chi connectivity index (χ0n) is 13.4. The van der Waals surface area contributed by atoms with E-state index in [1.54, 1.807) is 7.11 Å². The van der Waals surface area contributed by atoms with Crippen LogP contribution in [0.2, 0.25) is 0 Å². The van der Waals surface area contributed by atoms with E-state index in [2.05, 4.69) is 41.8 Å². The highest BCUT2D eigenvalue weighted by Crippen LogP contribution is 2.39. The lowest BCUT2D eigenvalue weighted by atomic mass is 9.78. The topological polar surface area (TPSA) is 39.1 Å². The molecule has 0 aromatic carbocycles. The van der Waals surface area contributed by atoms with Crippen LogP contribution in [-0.2, 0) is 4.74 Å². The molecule has 1 aliphatic carbocycles. The Morgan fingerprint density at radius 2 is 2.20 bits per heavy atom. The van der Waals surface area contributed by atoms with Crippen molar-refractivity contribution in [2.24, 2.45) is 11.8 Å². The van der Waals surface area contributed by atoms with E-state index in [-0.39, 0.29) is 0 Å². The van der Waals surface area contributed by atoms with Crippen molar-refractivity contribution in [2.45, 2.75) is 52.5 Å². The lowest BCUT2D eigenvalue weighted by molar-refractivity contribution is 0.187. The summed E-state index contributed by atoms with van der Waals surface area (Å²) in [4.78, 5) is 4.65. The van der Waals surface area contributed by atoms with Crippen molar-refractivity contribution >= 4 is 5.95 Å². The van der Waals surface area contributed by atoms with E-state index < -0.39 is 0 Å². The molecule has 0 saturated heterocycles. The first-order valence-electron chi connectivity index (χ1n) is 7.91. The van der Waals surface area contributed by atoms with Crippen molar-refractivity contribution in [1.82, 2.24) is 9.55 Å². The van der Waals surface area contributed by atoms with Gasteiger partial charge < -0.3 is 14.6 Å². The van der Waals surface area contributed by atoms with Crippen LogP contribution in [0.1, 0.15) is 51.3 Å². The van der Waals surface area contributed by atoms with E-state index in [0.717, 1.165) is 43.1 Å². The maximum Gasteiger partial charge on any atom is 0.203 e. The average Bonchev–Trinajstić information content (AvgIpc) is 2.79. The molecule has 0 amide bonds. The molecule has 1 heterocycles. The standard InChI is InChI=1S/C16H29N3O/c1-12-7-5-8-15(14(12)3)19-11-13(2)18-16(19)17-9-6-10-20-4/h11-12,14-15H,5-10H2,1-4H3,(H,17,18). The molecule has 4 nitrogen and oxygen atoms in total. The molecule has 1 aliphatic rings. The Kier molecular flexibility index (Phi) is 5.46. The van der Waals surface area contributed by atoms with Gasteiger partial charge in [-0.05, 0) is 31.6 Å². The van der Waals surface area contributed by atoms with Gasteiger partial charge in [-0.15, -0.1) is 0 Å². The Hall–Kier alpha value is -1.03. The summed E-state index contributed by atoms with van der Waals surface area (Å²) in [6.45, 7) is 8.56. The number of hydrogen-bond donors (Lipinski definition) is 1. The van der Waals surface area contributed by atoms with Gasteiger partial charge in [-0.25, -0.2) is 4.98 Å². The van der Waals surface area contributed by atoms with Crippen LogP contribution < -0.4 is 5.32 Å². The van der Waals surface area contributed by atoms with Crippen molar-refractivity contribution < 1.29 is 4.74 Å². The summed E-state index contributed by atoms with van der Waals surface area (Å²) in [6, 6.07) is 0.588. The monoisotopic (exact) mass is 279 g/mol. The van der Waals surface area contributed by atoms with Gasteiger partial charge in [-0.3, -0.25) is 0 Å². The predicted octanol–water partition coefficient (Wildman–Crippen LogP) is 3.64. The highest BCUT2D eigenvalue weighted by molar-refractivity contribution is 5.29. The molecule has 3 atom stereocenters. The van der Waals surface area contributed by atoms with Gasteiger partial charge in [-0.1, -0.05) is 26.7 Å². The fraction of sp³-hybridized carbons (Fsp3) is 0.812. The van der Waals surface area contributed by atoms with Crippen LogP contribution in [0, 0.1) is 18.8 Å². The van der Waals surface area contributed by atoms with E-state index in [1.807, 2.05) is 0 Å². The molecule has 0 aliphatic heterocycles. The molecule has 0 radical (unpaired) electrons. The third-order valence-corrected chi connectivity index (χ3v) is 4.68. The molecular weight excluding hydrogens is 250 g/mol. The van der Waals surface area contributed by atoms with Gasteiger partial charge in [0, 0.05) is 32.5 Å². The summed E-state index contributed by atoms with van der Waals surface area (Å²) in [7, 11) is 1.75. The summed E-state index contributed by atoms with van der Waals surface area (Å²) in [5.74, 6) is 2.55. The Labute approximate surface area is 122 Å². The van der Waals surface area contributed by atoms with E-state index in [0.29, 0.717) is 6.04 Å². The number of methoxy groups -OCH3 is 1. The third-order valence-electron chi connectivity index (χ3n) is 4.68. The molecule has 2 rings (SSSR count). The summed E-state index contributed by atoms with van der Waals surface area (Å²) in [5.41, 5.74) is 1.10. The molecule has 1 N–H and O–H groups in total. The number of imidazole rings is 1. The number of rotatable bonds is 6. The molecule has 0 bridgehead atoms. The van der Waals surface area contributed by atoms with Crippen LogP contribution in [0.3, 0.4) is 0 Å². The minimum Gasteiger partial charge on any atom is -0.385 e. The van der Waals surface area contributed by atoms with Crippen LogP contribution in [0.5, 0.6) is 0 Å². The lowest BCUT2D eigenvalue weighted by Gasteiger charge is -2.35. The van der Waals surface area contributed by atoms with Gasteiger partial charge in [0.2, 0.25) is 5.95 Å². The number of anilines is 1. The quantitative estimate of drug-likeness (QED) is 0.808. The van der Waals surface area contributed by atoms with Gasteiger partial charge in [0.25, 0.3) is 0 Å². The van der Waals surface area contributed by atoms with Gasteiger partial charge in [0.1, 0.15) is 0 Å². The normalized spacial score (nSPS) is 26.7. The Balaban J connectivity index is 2.06. The van der Waals surface area contributed by atoms with Crippen LogP contribution in [0.4, 0.5) is 5.95 Å². The molecule has 20 heavy (non-hydrogen) atoms. The van der Waals surface area contributed by atoms with Crippen LogP contribution in [-0.4, -0.2) is 29.8 Å². The summed E-state index contributed by atoms with van der Waals surface area (Å²) in [5, 5.41) is 3.47. The largest absolute Gasteiger partial charge is 0.385 e. The first kappa shape index (κ1) is 15.4. The number of ether oxygens (including phenoxy) is 1. The van der Waals surface area contributed by atoms with E-state index in [1.165, 1.54) is 19.3 Å². The van der Waals surface area contributed by atoms with E-state index in [4.69, 9.17) is 4.74 Å². The fourth-order valence-corrected chi connectivity index (χ4v) is 3.26. The zero-order chi connectivity index (χ0) is 14.5. The maximum atomic E-state index is 5.10. The van der Waals surface area contributed by atoms with Gasteiger partial charge in [0.05, 0.1) is 5.69 Å². The maximum absolute atomic E-state index is 5.10. The van der Waals surface area contributed by atoms with Crippen LogP contribution >= 0.6 is 0 Å². The molecule has 0 spiro atoms. The number of aryl methyl sites for hydroxylation is 1. The van der Waals surface area contributed by atoms with E-state index >= 15 is 0 Å². The fourth-order valence-electron chi connectivity index (χ4n) is 3.26. The molecular formula is C16H29N3O. The van der Waals surface area contributed by atoms with Crippen LogP contribution in [0.25, 0.3) is 0 Å². The number of nitrogens with one attached hydrogen (secondary N) is 1. The highest BCUT2D eigenvalue weighted by Gasteiger charge is 2.29. The van der Waals surface area contributed by atoms with Crippen molar-refractivity contribution in [3.63, 3.8) is 0 Å². The molecule has 1 aromatic rings. The summed E-state index contributed by atoms with van der Waals surface area (Å²) < 4.78 is 7.47. The summed E-state index contributed by atoms with van der Waals surface area (Å²) in [6.07, 6.45) is 7.18. The van der Waals surface area contributed by atoms with Crippen molar-refractivity contribution in [1.29, 1.82) is 0 Å². The number of aromatic nitrogens is 2. The predicted molar refractivity (Wildman–Crippen MR) is 83.2 cm³/mol. The molecule has 114 valence electrons. The third kappa shape index (κ3) is 3.54. The number of nitrogens with zero attached hydrogens (tertiary/aromatic N) is 2. The Bertz CT molecular complexity index is 416. The van der Waals surface area contributed by atoms with Crippen molar-refractivity contribution in [3.8, 4) is 0 Å². The second kappa shape index (κ2) is 7.11. The average molecular weight is 279 g/mol. The lowest BCUT2D eigenvalue weighted by Crippen LogP contribution is -2.27. The Morgan fingerprint density at radius 1 is 1.40 bits per heavy atom. The van der Waals surface area contributed by atoms with Crippen LogP contribution in [0.15, 0.2) is 6.20 Å². The van der Waals surface area contributed by atoms with Gasteiger partial charge in [0.15, 0.2) is 0 Å². The Morgan fingerprint density at radius 3 is 2.95 bits per heavy atom. The molecule has 4 heteroatoms. The zero-order valence-corrected chi connectivity index (χ0v) is 13.4. The molecule has 1 fully saturated rings. The van der Waals surface area contributed by atoms with Crippen molar-refractivity contribution in [2.75, 3.05) is 25.6 Å². The molecule has 1 aromatic heterocycles. The van der Waals surface area contributed by atoms with Gasteiger partial charge in [-0.2, -0.15) is 0 Å². The van der Waals surface area contributed by atoms with E-state index in [9.17, 15) is 0 Å². The molecule has 3 unspecified atom stereocenters. The first-order chi connectivity index (χ1) is 9.63. The highest BCUT2D eigenvalue weighted by atomic mass is 16.5. The molecule has 1 saturated carbocycles. The van der Waals surface area contributed by atoms with Crippen molar-refractivity contribution in [3.05, 3.63) is 11.9 Å². The second-order valence-corrected chi connectivity index (χ2v) is 6.22. The summed E-state index contributed by atoms with van der Waals surface area (Å²) >= 11 is 0. The second-order valence-electron chi connectivity index (χ2n) is 6.22. The minimum absolute atomic E-state index is 0.588. The van der Waals surface area contributed by atoms with Gasteiger partial charge >= 0.3 is 0 Å². The smallest absolute Gasteiger partial charge is 0.203 e. The first-order valence-corrected chi connectivity index (χ1v) is 7.91. The SMILES string of the molecule is COCCCNc1nc(C)cn1C1CCCC(C)C1C.